The molecule has 0 aliphatic carbocycles. The molecule has 3 rings (SSSR count). The van der Waals surface area contributed by atoms with Gasteiger partial charge in [-0.2, -0.15) is 0 Å². The Labute approximate surface area is 110 Å². The normalized spacial score (nSPS) is 10.8. The molecule has 0 N–H and O–H groups in total. The summed E-state index contributed by atoms with van der Waals surface area (Å²) in [6, 6.07) is 12.4. The van der Waals surface area contributed by atoms with Crippen LogP contribution in [0, 0.1) is 5.82 Å². The molecule has 0 amide bonds. The Morgan fingerprint density at radius 1 is 1.21 bits per heavy atom. The van der Waals surface area contributed by atoms with Gasteiger partial charge in [-0.1, -0.05) is 6.07 Å². The van der Waals surface area contributed by atoms with Crippen LogP contribution in [0.3, 0.4) is 0 Å². The van der Waals surface area contributed by atoms with E-state index in [-0.39, 0.29) is 5.82 Å². The van der Waals surface area contributed by atoms with Crippen molar-refractivity contribution in [3.8, 4) is 5.88 Å². The first kappa shape index (κ1) is 11.7. The van der Waals surface area contributed by atoms with Crippen LogP contribution in [0.4, 0.5) is 4.39 Å². The van der Waals surface area contributed by atoms with E-state index in [2.05, 4.69) is 4.98 Å². The maximum atomic E-state index is 13.3. The topological polar surface area (TPSA) is 27.1 Å². The fraction of sp³-hybridized carbons (Fsp3) is 0.133. The van der Waals surface area contributed by atoms with E-state index in [1.54, 1.807) is 19.2 Å². The molecule has 19 heavy (non-hydrogen) atoms. The highest BCUT2D eigenvalue weighted by atomic mass is 19.1. The molecule has 0 bridgehead atoms. The average Bonchev–Trinajstić information content (AvgIpc) is 2.81. The third-order valence-electron chi connectivity index (χ3n) is 3.06. The minimum Gasteiger partial charge on any atom is -0.481 e. The first-order chi connectivity index (χ1) is 9.26. The molecule has 3 nitrogen and oxygen atoms in total. The lowest BCUT2D eigenvalue weighted by Crippen LogP contribution is -2.01. The molecule has 0 radical (unpaired) electrons. The first-order valence-corrected chi connectivity index (χ1v) is 6.00. The van der Waals surface area contributed by atoms with Crippen LogP contribution in [0.5, 0.6) is 5.88 Å². The van der Waals surface area contributed by atoms with Gasteiger partial charge in [-0.15, -0.1) is 0 Å². The van der Waals surface area contributed by atoms with Crippen LogP contribution in [-0.4, -0.2) is 16.7 Å². The largest absolute Gasteiger partial charge is 0.481 e. The van der Waals surface area contributed by atoms with E-state index in [9.17, 15) is 4.39 Å². The van der Waals surface area contributed by atoms with Gasteiger partial charge in [0.25, 0.3) is 0 Å². The number of halogens is 1. The number of hydrogen-bond acceptors (Lipinski definition) is 2. The van der Waals surface area contributed by atoms with Crippen molar-refractivity contribution in [1.29, 1.82) is 0 Å². The molecule has 2 aromatic heterocycles. The highest BCUT2D eigenvalue weighted by Gasteiger charge is 2.04. The van der Waals surface area contributed by atoms with Gasteiger partial charge in [-0.25, -0.2) is 9.37 Å². The van der Waals surface area contributed by atoms with Gasteiger partial charge >= 0.3 is 0 Å². The Balaban J connectivity index is 1.98. The first-order valence-electron chi connectivity index (χ1n) is 6.00. The van der Waals surface area contributed by atoms with Gasteiger partial charge in [0.2, 0.25) is 5.88 Å². The predicted molar refractivity (Wildman–Crippen MR) is 71.8 cm³/mol. The summed E-state index contributed by atoms with van der Waals surface area (Å²) in [7, 11) is 1.59. The molecule has 4 heteroatoms. The van der Waals surface area contributed by atoms with E-state index >= 15 is 0 Å². The molecule has 0 atom stereocenters. The maximum absolute atomic E-state index is 13.3. The molecule has 96 valence electrons. The third kappa shape index (κ3) is 2.29. The van der Waals surface area contributed by atoms with Gasteiger partial charge in [0.1, 0.15) is 5.82 Å². The van der Waals surface area contributed by atoms with Gasteiger partial charge in [-0.3, -0.25) is 0 Å². The minimum atomic E-state index is -0.231. The average molecular weight is 256 g/mol. The Kier molecular flexibility index (Phi) is 2.91. The fourth-order valence-corrected chi connectivity index (χ4v) is 2.13. The van der Waals surface area contributed by atoms with E-state index in [0.717, 1.165) is 16.6 Å². The molecule has 2 heterocycles. The quantitative estimate of drug-likeness (QED) is 0.719. The highest BCUT2D eigenvalue weighted by molar-refractivity contribution is 5.80. The summed E-state index contributed by atoms with van der Waals surface area (Å²) < 4.78 is 20.4. The molecular weight excluding hydrogens is 243 g/mol. The summed E-state index contributed by atoms with van der Waals surface area (Å²) in [5, 5.41) is 1.02. The van der Waals surface area contributed by atoms with Gasteiger partial charge in [0, 0.05) is 12.3 Å². The molecule has 0 unspecified atom stereocenters. The number of aromatic nitrogens is 2. The Bertz CT molecular complexity index is 721. The number of methoxy groups -OCH3 is 1. The van der Waals surface area contributed by atoms with Gasteiger partial charge in [-0.05, 0) is 35.7 Å². The molecule has 0 spiro atoms. The van der Waals surface area contributed by atoms with Gasteiger partial charge in [0.05, 0.1) is 24.9 Å². The van der Waals surface area contributed by atoms with Crippen LogP contribution in [-0.2, 0) is 6.54 Å². The van der Waals surface area contributed by atoms with E-state index in [1.165, 1.54) is 12.1 Å². The summed E-state index contributed by atoms with van der Waals surface area (Å²) in [6.07, 6.45) is 1.94. The zero-order valence-electron chi connectivity index (χ0n) is 10.5. The van der Waals surface area contributed by atoms with Crippen molar-refractivity contribution in [3.63, 3.8) is 0 Å². The number of hydrogen-bond donors (Lipinski definition) is 0. The molecule has 3 aromatic rings. The fourth-order valence-electron chi connectivity index (χ4n) is 2.13. The van der Waals surface area contributed by atoms with Crippen molar-refractivity contribution < 1.29 is 9.13 Å². The number of fused-ring (bicyclic) bond motifs is 1. The van der Waals surface area contributed by atoms with Crippen molar-refractivity contribution in [3.05, 3.63) is 60.2 Å². The Morgan fingerprint density at radius 2 is 2.11 bits per heavy atom. The van der Waals surface area contributed by atoms with E-state index in [4.69, 9.17) is 4.74 Å². The Morgan fingerprint density at radius 3 is 2.95 bits per heavy atom. The molecule has 0 aliphatic heterocycles. The lowest BCUT2D eigenvalue weighted by molar-refractivity contribution is 0.396. The van der Waals surface area contributed by atoms with Crippen molar-refractivity contribution in [2.45, 2.75) is 6.54 Å². The van der Waals surface area contributed by atoms with Crippen molar-refractivity contribution in [2.24, 2.45) is 0 Å². The second-order valence-corrected chi connectivity index (χ2v) is 4.32. The third-order valence-corrected chi connectivity index (χ3v) is 3.06. The number of pyridine rings is 1. The van der Waals surface area contributed by atoms with E-state index in [1.807, 2.05) is 29.0 Å². The van der Waals surface area contributed by atoms with Gasteiger partial charge < -0.3 is 9.30 Å². The lowest BCUT2D eigenvalue weighted by atomic mass is 10.2. The highest BCUT2D eigenvalue weighted by Crippen LogP contribution is 2.18. The molecule has 0 fully saturated rings. The van der Waals surface area contributed by atoms with Crippen molar-refractivity contribution in [1.82, 2.24) is 9.55 Å². The maximum Gasteiger partial charge on any atom is 0.213 e. The van der Waals surface area contributed by atoms with Crippen molar-refractivity contribution >= 4 is 10.9 Å². The molecule has 1 aromatic carbocycles. The number of rotatable bonds is 3. The Hall–Kier alpha value is -2.36. The van der Waals surface area contributed by atoms with Crippen LogP contribution in [0.25, 0.3) is 10.9 Å². The van der Waals surface area contributed by atoms with Crippen LogP contribution in [0.2, 0.25) is 0 Å². The van der Waals surface area contributed by atoms with Crippen LogP contribution in [0.1, 0.15) is 5.69 Å². The molecule has 0 saturated heterocycles. The standard InChI is InChI=1S/C15H13FN2O/c1-19-15-4-2-3-13(17-15)10-18-8-7-11-5-6-12(16)9-14(11)18/h2-9H,10H2,1H3. The van der Waals surface area contributed by atoms with Crippen LogP contribution >= 0.6 is 0 Å². The second-order valence-electron chi connectivity index (χ2n) is 4.32. The summed E-state index contributed by atoms with van der Waals surface area (Å²) >= 11 is 0. The monoisotopic (exact) mass is 256 g/mol. The van der Waals surface area contributed by atoms with E-state index < -0.39 is 0 Å². The SMILES string of the molecule is COc1cccc(Cn2ccc3ccc(F)cc32)n1. The second kappa shape index (κ2) is 4.72. The van der Waals surface area contributed by atoms with Crippen LogP contribution in [0.15, 0.2) is 48.7 Å². The lowest BCUT2D eigenvalue weighted by Gasteiger charge is -2.06. The number of nitrogens with zero attached hydrogens (tertiary/aromatic N) is 2. The number of benzene rings is 1. The molecule has 0 saturated carbocycles. The summed E-state index contributed by atoms with van der Waals surface area (Å²) in [5.74, 6) is 0.353. The smallest absolute Gasteiger partial charge is 0.213 e. The van der Waals surface area contributed by atoms with E-state index in [0.29, 0.717) is 12.4 Å². The summed E-state index contributed by atoms with van der Waals surface area (Å²) in [6.45, 7) is 0.587. The zero-order chi connectivity index (χ0) is 13.2. The predicted octanol–water partition coefficient (Wildman–Crippen LogP) is 3.23. The molecule has 0 aliphatic rings. The minimum absolute atomic E-state index is 0.231. The van der Waals surface area contributed by atoms with Crippen LogP contribution < -0.4 is 4.74 Å². The van der Waals surface area contributed by atoms with Gasteiger partial charge in [0.15, 0.2) is 0 Å². The number of ether oxygens (including phenoxy) is 1. The zero-order valence-corrected chi connectivity index (χ0v) is 10.5. The summed E-state index contributed by atoms with van der Waals surface area (Å²) in [4.78, 5) is 4.36. The summed E-state index contributed by atoms with van der Waals surface area (Å²) in [5.41, 5.74) is 1.74. The molecular formula is C15H13FN2O. The van der Waals surface area contributed by atoms with Crippen molar-refractivity contribution in [2.75, 3.05) is 7.11 Å².